The van der Waals surface area contributed by atoms with Gasteiger partial charge in [0, 0.05) is 48.1 Å². The average molecular weight is 422 g/mol. The van der Waals surface area contributed by atoms with Crippen LogP contribution in [0.1, 0.15) is 29.8 Å². The standard InChI is InChI=1S/C25H22N6O/c32-25(10-9-23-27-15-21(16-28-23)20-6-3-11-26-14-20)29-24-13-22(30-31-24)19-8-7-17-4-1-2-5-18(17)12-19/h3,6-16H,1-2,4-5H2,(H2,29,30,31,32)/b10-9+. The number of carbonyl (C=O) groups excluding carboxylic acids is 1. The first-order valence-corrected chi connectivity index (χ1v) is 10.6. The van der Waals surface area contributed by atoms with Gasteiger partial charge in [0.2, 0.25) is 5.91 Å². The molecule has 0 atom stereocenters. The van der Waals surface area contributed by atoms with Gasteiger partial charge in [-0.3, -0.25) is 14.9 Å². The van der Waals surface area contributed by atoms with E-state index in [-0.39, 0.29) is 5.91 Å². The van der Waals surface area contributed by atoms with E-state index < -0.39 is 0 Å². The highest BCUT2D eigenvalue weighted by molar-refractivity contribution is 6.01. The molecule has 5 rings (SSSR count). The molecule has 1 aliphatic carbocycles. The van der Waals surface area contributed by atoms with Gasteiger partial charge in [0.25, 0.3) is 0 Å². The maximum Gasteiger partial charge on any atom is 0.249 e. The molecule has 3 heterocycles. The molecule has 158 valence electrons. The highest BCUT2D eigenvalue weighted by Gasteiger charge is 2.12. The van der Waals surface area contributed by atoms with Crippen molar-refractivity contribution in [2.24, 2.45) is 0 Å². The first kappa shape index (κ1) is 19.8. The SMILES string of the molecule is O=C(/C=C/c1ncc(-c2cccnc2)cn1)Nc1cc(-c2ccc3c(c2)CCCC3)[nH]n1. The zero-order chi connectivity index (χ0) is 21.8. The number of aryl methyl sites for hydroxylation is 2. The summed E-state index contributed by atoms with van der Waals surface area (Å²) in [5, 5.41) is 10.00. The van der Waals surface area contributed by atoms with Crippen molar-refractivity contribution in [1.82, 2.24) is 25.1 Å². The van der Waals surface area contributed by atoms with E-state index in [1.54, 1.807) is 30.9 Å². The van der Waals surface area contributed by atoms with Gasteiger partial charge in [-0.25, -0.2) is 9.97 Å². The molecule has 0 fully saturated rings. The van der Waals surface area contributed by atoms with Gasteiger partial charge in [-0.1, -0.05) is 18.2 Å². The summed E-state index contributed by atoms with van der Waals surface area (Å²) in [7, 11) is 0. The van der Waals surface area contributed by atoms with Crippen LogP contribution in [0.25, 0.3) is 28.5 Å². The van der Waals surface area contributed by atoms with Gasteiger partial charge in [0.1, 0.15) is 0 Å². The Hall–Kier alpha value is -4.13. The van der Waals surface area contributed by atoms with Crippen LogP contribution in [0.4, 0.5) is 5.82 Å². The lowest BCUT2D eigenvalue weighted by atomic mass is 9.90. The molecule has 7 heteroatoms. The van der Waals surface area contributed by atoms with Crippen molar-refractivity contribution in [3.8, 4) is 22.4 Å². The Labute approximate surface area is 185 Å². The zero-order valence-electron chi connectivity index (χ0n) is 17.5. The number of hydrogen-bond donors (Lipinski definition) is 2. The number of fused-ring (bicyclic) bond motifs is 1. The summed E-state index contributed by atoms with van der Waals surface area (Å²) in [4.78, 5) is 25.0. The van der Waals surface area contributed by atoms with Crippen LogP contribution in [-0.4, -0.2) is 31.1 Å². The summed E-state index contributed by atoms with van der Waals surface area (Å²) >= 11 is 0. The van der Waals surface area contributed by atoms with Gasteiger partial charge < -0.3 is 5.32 Å². The molecule has 4 aromatic rings. The van der Waals surface area contributed by atoms with E-state index in [1.165, 1.54) is 30.0 Å². The number of pyridine rings is 1. The summed E-state index contributed by atoms with van der Waals surface area (Å²) in [6.07, 6.45) is 14.6. The van der Waals surface area contributed by atoms with Crippen LogP contribution in [0.3, 0.4) is 0 Å². The monoisotopic (exact) mass is 422 g/mol. The number of hydrogen-bond acceptors (Lipinski definition) is 5. The van der Waals surface area contributed by atoms with E-state index in [0.29, 0.717) is 11.6 Å². The second-order valence-corrected chi connectivity index (χ2v) is 7.75. The predicted molar refractivity (Wildman–Crippen MR) is 124 cm³/mol. The van der Waals surface area contributed by atoms with Crippen LogP contribution in [0.15, 0.2) is 67.3 Å². The number of benzene rings is 1. The van der Waals surface area contributed by atoms with Gasteiger partial charge >= 0.3 is 0 Å². The molecule has 0 aliphatic heterocycles. The van der Waals surface area contributed by atoms with E-state index in [1.807, 2.05) is 18.2 Å². The van der Waals surface area contributed by atoms with E-state index in [0.717, 1.165) is 35.2 Å². The molecule has 1 amide bonds. The molecule has 0 saturated heterocycles. The van der Waals surface area contributed by atoms with Crippen molar-refractivity contribution in [3.63, 3.8) is 0 Å². The molecular formula is C25H22N6O. The molecule has 0 bridgehead atoms. The molecule has 1 aromatic carbocycles. The molecule has 1 aliphatic rings. The number of carbonyl (C=O) groups is 1. The second kappa shape index (κ2) is 8.93. The molecule has 3 aromatic heterocycles. The summed E-state index contributed by atoms with van der Waals surface area (Å²) in [6.45, 7) is 0. The maximum absolute atomic E-state index is 12.3. The minimum absolute atomic E-state index is 0.298. The van der Waals surface area contributed by atoms with Crippen molar-refractivity contribution in [1.29, 1.82) is 0 Å². The Bertz CT molecular complexity index is 1260. The van der Waals surface area contributed by atoms with Crippen molar-refractivity contribution < 1.29 is 4.79 Å². The highest BCUT2D eigenvalue weighted by atomic mass is 16.1. The topological polar surface area (TPSA) is 96.5 Å². The van der Waals surface area contributed by atoms with Crippen LogP contribution in [0.5, 0.6) is 0 Å². The van der Waals surface area contributed by atoms with Gasteiger partial charge in [-0.2, -0.15) is 5.10 Å². The summed E-state index contributed by atoms with van der Waals surface area (Å²) in [5.74, 6) is 0.623. The zero-order valence-corrected chi connectivity index (χ0v) is 17.5. The number of anilines is 1. The molecule has 7 nitrogen and oxygen atoms in total. The van der Waals surface area contributed by atoms with Crippen LogP contribution in [0, 0.1) is 0 Å². The molecule has 0 spiro atoms. The van der Waals surface area contributed by atoms with Crippen LogP contribution >= 0.6 is 0 Å². The fourth-order valence-electron chi connectivity index (χ4n) is 3.86. The van der Waals surface area contributed by atoms with E-state index in [4.69, 9.17) is 0 Å². The Kier molecular flexibility index (Phi) is 5.53. The fraction of sp³-hybridized carbons (Fsp3) is 0.160. The third kappa shape index (κ3) is 4.46. The number of aromatic nitrogens is 5. The van der Waals surface area contributed by atoms with Crippen LogP contribution in [0.2, 0.25) is 0 Å². The highest BCUT2D eigenvalue weighted by Crippen LogP contribution is 2.27. The molecule has 32 heavy (non-hydrogen) atoms. The van der Waals surface area contributed by atoms with Crippen molar-refractivity contribution >= 4 is 17.8 Å². The lowest BCUT2D eigenvalue weighted by Gasteiger charge is -2.16. The normalized spacial score (nSPS) is 13.1. The molecule has 0 radical (unpaired) electrons. The lowest BCUT2D eigenvalue weighted by Crippen LogP contribution is -2.08. The van der Waals surface area contributed by atoms with E-state index >= 15 is 0 Å². The number of rotatable bonds is 5. The fourth-order valence-corrected chi connectivity index (χ4v) is 3.86. The number of nitrogens with zero attached hydrogens (tertiary/aromatic N) is 4. The number of H-pyrrole nitrogens is 1. The van der Waals surface area contributed by atoms with Gasteiger partial charge in [-0.15, -0.1) is 0 Å². The number of nitrogens with one attached hydrogen (secondary N) is 2. The quantitative estimate of drug-likeness (QED) is 0.463. The largest absolute Gasteiger partial charge is 0.306 e. The summed E-state index contributed by atoms with van der Waals surface area (Å²) < 4.78 is 0. The maximum atomic E-state index is 12.3. The third-order valence-electron chi connectivity index (χ3n) is 5.54. The second-order valence-electron chi connectivity index (χ2n) is 7.75. The Balaban J connectivity index is 1.22. The minimum atomic E-state index is -0.298. The predicted octanol–water partition coefficient (Wildman–Crippen LogP) is 4.46. The Morgan fingerprint density at radius 3 is 2.59 bits per heavy atom. The van der Waals surface area contributed by atoms with Crippen molar-refractivity contribution in [2.45, 2.75) is 25.7 Å². The first-order valence-electron chi connectivity index (χ1n) is 10.6. The van der Waals surface area contributed by atoms with Crippen LogP contribution < -0.4 is 5.32 Å². The molecule has 0 unspecified atom stereocenters. The van der Waals surface area contributed by atoms with Gasteiger partial charge in [0.05, 0.1) is 5.69 Å². The molecular weight excluding hydrogens is 400 g/mol. The Morgan fingerprint density at radius 1 is 0.938 bits per heavy atom. The molecule has 0 saturated carbocycles. The number of aromatic amines is 1. The number of amides is 1. The smallest absolute Gasteiger partial charge is 0.249 e. The van der Waals surface area contributed by atoms with E-state index in [9.17, 15) is 4.79 Å². The van der Waals surface area contributed by atoms with Gasteiger partial charge in [0.15, 0.2) is 11.6 Å². The summed E-state index contributed by atoms with van der Waals surface area (Å²) in [5.41, 5.74) is 6.61. The molecule has 2 N–H and O–H groups in total. The first-order chi connectivity index (χ1) is 15.7. The van der Waals surface area contributed by atoms with Crippen LogP contribution in [-0.2, 0) is 17.6 Å². The van der Waals surface area contributed by atoms with Crippen molar-refractivity contribution in [2.75, 3.05) is 5.32 Å². The minimum Gasteiger partial charge on any atom is -0.306 e. The third-order valence-corrected chi connectivity index (χ3v) is 5.54. The van der Waals surface area contributed by atoms with Crippen molar-refractivity contribution in [3.05, 3.63) is 84.2 Å². The summed E-state index contributed by atoms with van der Waals surface area (Å²) in [6, 6.07) is 12.2. The van der Waals surface area contributed by atoms with Gasteiger partial charge in [-0.05, 0) is 60.6 Å². The average Bonchev–Trinajstić information content (AvgIpc) is 3.32. The lowest BCUT2D eigenvalue weighted by molar-refractivity contribution is -0.111. The van der Waals surface area contributed by atoms with E-state index in [2.05, 4.69) is 48.7 Å². The Morgan fingerprint density at radius 2 is 1.78 bits per heavy atom.